The Bertz CT molecular complexity index is 1080. The quantitative estimate of drug-likeness (QED) is 0.695. The lowest BCUT2D eigenvalue weighted by Gasteiger charge is -2.45. The molecule has 32 heavy (non-hydrogen) atoms. The van der Waals surface area contributed by atoms with E-state index < -0.39 is 0 Å². The van der Waals surface area contributed by atoms with Gasteiger partial charge in [0.15, 0.2) is 0 Å². The molecule has 0 saturated carbocycles. The van der Waals surface area contributed by atoms with E-state index in [-0.39, 0.29) is 30.3 Å². The summed E-state index contributed by atoms with van der Waals surface area (Å²) in [7, 11) is 3.39. The highest BCUT2D eigenvalue weighted by molar-refractivity contribution is 9.10. The molecule has 0 spiro atoms. The van der Waals surface area contributed by atoms with Gasteiger partial charge < -0.3 is 15.1 Å². The predicted molar refractivity (Wildman–Crippen MR) is 129 cm³/mol. The van der Waals surface area contributed by atoms with E-state index >= 15 is 0 Å². The molecule has 2 aromatic carbocycles. The fraction of sp³-hybridized carbons (Fsp3) is 0.375. The largest absolute Gasteiger partial charge is 0.358 e. The molecular weight excluding hydrogens is 472 g/mol. The molecule has 0 radical (unpaired) electrons. The summed E-state index contributed by atoms with van der Waals surface area (Å²) in [6.07, 6.45) is 2.77. The van der Waals surface area contributed by atoms with Crippen LogP contribution in [0.25, 0.3) is 0 Å². The van der Waals surface area contributed by atoms with Crippen molar-refractivity contribution in [2.45, 2.75) is 32.2 Å². The van der Waals surface area contributed by atoms with Gasteiger partial charge in [0.1, 0.15) is 12.6 Å². The maximum atomic E-state index is 13.4. The smallest absolute Gasteiger partial charge is 0.253 e. The second kappa shape index (κ2) is 8.94. The van der Waals surface area contributed by atoms with Gasteiger partial charge in [-0.3, -0.25) is 19.3 Å². The van der Waals surface area contributed by atoms with Crippen molar-refractivity contribution in [2.24, 2.45) is 0 Å². The Balaban J connectivity index is 1.66. The topological polar surface area (TPSA) is 73.0 Å². The van der Waals surface area contributed by atoms with E-state index in [2.05, 4.69) is 26.1 Å². The summed E-state index contributed by atoms with van der Waals surface area (Å²) < 4.78 is 0.964. The van der Waals surface area contributed by atoms with E-state index in [1.54, 1.807) is 26.2 Å². The van der Waals surface area contributed by atoms with Gasteiger partial charge >= 0.3 is 0 Å². The van der Waals surface area contributed by atoms with Crippen molar-refractivity contribution in [3.05, 3.63) is 52.0 Å². The molecule has 1 fully saturated rings. The van der Waals surface area contributed by atoms with Crippen LogP contribution in [0.1, 0.15) is 35.2 Å². The number of fused-ring (bicyclic) bond motifs is 3. The maximum Gasteiger partial charge on any atom is 0.253 e. The van der Waals surface area contributed by atoms with Crippen molar-refractivity contribution in [3.8, 4) is 0 Å². The van der Waals surface area contributed by atoms with E-state index in [1.165, 1.54) is 9.80 Å². The van der Waals surface area contributed by atoms with E-state index in [4.69, 9.17) is 0 Å². The first-order chi connectivity index (χ1) is 15.3. The molecule has 0 aromatic heterocycles. The average Bonchev–Trinajstić information content (AvgIpc) is 2.78. The first-order valence-corrected chi connectivity index (χ1v) is 11.6. The van der Waals surface area contributed by atoms with Crippen LogP contribution in [0, 0.1) is 6.92 Å². The minimum Gasteiger partial charge on any atom is -0.358 e. The summed E-state index contributed by atoms with van der Waals surface area (Å²) in [6.45, 7) is 2.64. The molecular formula is C24H27BrN4O3. The van der Waals surface area contributed by atoms with Gasteiger partial charge in [-0.25, -0.2) is 0 Å². The third-order valence-electron chi connectivity index (χ3n) is 6.03. The zero-order valence-corrected chi connectivity index (χ0v) is 20.1. The zero-order valence-electron chi connectivity index (χ0n) is 18.5. The van der Waals surface area contributed by atoms with Crippen LogP contribution < -0.4 is 15.1 Å². The number of aryl methyl sites for hydroxylation is 1. The molecule has 3 amide bonds. The van der Waals surface area contributed by atoms with Crippen molar-refractivity contribution in [1.29, 1.82) is 0 Å². The fourth-order valence-electron chi connectivity index (χ4n) is 4.38. The van der Waals surface area contributed by atoms with Crippen LogP contribution in [0.2, 0.25) is 0 Å². The Labute approximate surface area is 196 Å². The van der Waals surface area contributed by atoms with E-state index in [1.807, 2.05) is 31.2 Å². The third-order valence-corrected chi connectivity index (χ3v) is 6.92. The van der Waals surface area contributed by atoms with E-state index in [9.17, 15) is 14.4 Å². The Morgan fingerprint density at radius 2 is 1.91 bits per heavy atom. The van der Waals surface area contributed by atoms with Crippen molar-refractivity contribution in [1.82, 2.24) is 4.90 Å². The molecule has 168 valence electrons. The van der Waals surface area contributed by atoms with Gasteiger partial charge in [0.05, 0.1) is 11.4 Å². The van der Waals surface area contributed by atoms with E-state index in [0.717, 1.165) is 41.5 Å². The van der Waals surface area contributed by atoms with E-state index in [0.29, 0.717) is 16.9 Å². The van der Waals surface area contributed by atoms with Gasteiger partial charge in [-0.05, 0) is 68.1 Å². The van der Waals surface area contributed by atoms with Crippen LogP contribution in [-0.4, -0.2) is 55.8 Å². The first kappa shape index (κ1) is 22.3. The highest BCUT2D eigenvalue weighted by Gasteiger charge is 2.40. The minimum absolute atomic E-state index is 0.0891. The lowest BCUT2D eigenvalue weighted by atomic mass is 9.95. The third kappa shape index (κ3) is 4.24. The molecule has 7 nitrogen and oxygen atoms in total. The second-order valence-electron chi connectivity index (χ2n) is 8.54. The summed E-state index contributed by atoms with van der Waals surface area (Å²) in [5.41, 5.74) is 3.69. The predicted octanol–water partition coefficient (Wildman–Crippen LogP) is 3.80. The highest BCUT2D eigenvalue weighted by Crippen LogP contribution is 2.40. The number of anilines is 3. The van der Waals surface area contributed by atoms with Gasteiger partial charge in [-0.1, -0.05) is 15.9 Å². The van der Waals surface area contributed by atoms with Crippen molar-refractivity contribution in [2.75, 3.05) is 42.3 Å². The number of nitrogens with one attached hydrogen (secondary N) is 1. The summed E-state index contributed by atoms with van der Waals surface area (Å²) in [6, 6.07) is 10.7. The molecule has 0 bridgehead atoms. The van der Waals surface area contributed by atoms with Gasteiger partial charge in [0.25, 0.3) is 5.91 Å². The molecule has 0 aliphatic carbocycles. The van der Waals surface area contributed by atoms with Gasteiger partial charge in [0, 0.05) is 36.4 Å². The zero-order chi connectivity index (χ0) is 23.0. The number of piperidine rings is 1. The molecule has 1 saturated heterocycles. The molecule has 4 rings (SSSR count). The molecule has 2 heterocycles. The minimum atomic E-state index is -0.278. The number of hydrogen-bond acceptors (Lipinski definition) is 4. The van der Waals surface area contributed by atoms with Crippen molar-refractivity contribution < 1.29 is 14.4 Å². The van der Waals surface area contributed by atoms with Gasteiger partial charge in [-0.2, -0.15) is 0 Å². The second-order valence-corrected chi connectivity index (χ2v) is 9.40. The summed E-state index contributed by atoms with van der Waals surface area (Å²) >= 11 is 3.46. The van der Waals surface area contributed by atoms with Crippen LogP contribution in [0.3, 0.4) is 0 Å². The number of amides is 3. The van der Waals surface area contributed by atoms with Gasteiger partial charge in [0.2, 0.25) is 11.8 Å². The standard InChI is InChI=1S/C24H27BrN4O3/c1-15-12-17(8-9-18(15)25)26-22(30)14-29-21-13-16(23(31)27(2)3)7-10-19(21)28-11-5-4-6-20(28)24(29)32/h7-10,12-13,20H,4-6,11,14H2,1-3H3,(H,26,30). The summed E-state index contributed by atoms with van der Waals surface area (Å²) in [5, 5.41) is 2.89. The number of carbonyl (C=O) groups excluding carboxylic acids is 3. The molecule has 2 aliphatic rings. The number of nitrogens with zero attached hydrogens (tertiary/aromatic N) is 3. The molecule has 1 N–H and O–H groups in total. The highest BCUT2D eigenvalue weighted by atomic mass is 79.9. The Morgan fingerprint density at radius 3 is 2.62 bits per heavy atom. The van der Waals surface area contributed by atoms with Crippen molar-refractivity contribution in [3.63, 3.8) is 0 Å². The number of hydrogen-bond donors (Lipinski definition) is 1. The fourth-order valence-corrected chi connectivity index (χ4v) is 4.63. The number of benzene rings is 2. The Hall–Kier alpha value is -2.87. The van der Waals surface area contributed by atoms with Crippen LogP contribution in [0.4, 0.5) is 17.1 Å². The molecule has 1 atom stereocenters. The number of halogens is 1. The first-order valence-electron chi connectivity index (χ1n) is 10.8. The maximum absolute atomic E-state index is 13.4. The molecule has 2 aliphatic heterocycles. The normalized spacial score (nSPS) is 17.5. The van der Waals surface area contributed by atoms with Crippen molar-refractivity contribution >= 4 is 50.7 Å². The average molecular weight is 499 g/mol. The summed E-state index contributed by atoms with van der Waals surface area (Å²) in [5.74, 6) is -0.510. The van der Waals surface area contributed by atoms with Crippen LogP contribution in [0.5, 0.6) is 0 Å². The lowest BCUT2D eigenvalue weighted by Crippen LogP contribution is -2.56. The lowest BCUT2D eigenvalue weighted by molar-refractivity contribution is -0.123. The monoisotopic (exact) mass is 498 g/mol. The molecule has 8 heteroatoms. The number of carbonyl (C=O) groups is 3. The van der Waals surface area contributed by atoms with Crippen LogP contribution in [-0.2, 0) is 9.59 Å². The molecule has 2 aromatic rings. The molecule has 1 unspecified atom stereocenters. The van der Waals surface area contributed by atoms with Crippen LogP contribution >= 0.6 is 15.9 Å². The van der Waals surface area contributed by atoms with Crippen LogP contribution in [0.15, 0.2) is 40.9 Å². The van der Waals surface area contributed by atoms with Gasteiger partial charge in [-0.15, -0.1) is 0 Å². The number of rotatable bonds is 4. The Morgan fingerprint density at radius 1 is 1.12 bits per heavy atom. The summed E-state index contributed by atoms with van der Waals surface area (Å²) in [4.78, 5) is 44.1. The SMILES string of the molecule is Cc1cc(NC(=O)CN2C(=O)C3CCCCN3c3ccc(C(=O)N(C)C)cc32)ccc1Br. The Kier molecular flexibility index (Phi) is 6.24.